The van der Waals surface area contributed by atoms with E-state index in [0.29, 0.717) is 17.8 Å². The van der Waals surface area contributed by atoms with E-state index in [1.165, 1.54) is 13.4 Å². The van der Waals surface area contributed by atoms with Gasteiger partial charge in [-0.3, -0.25) is 9.36 Å². The second-order valence-corrected chi connectivity index (χ2v) is 20.7. The molecule has 2 aromatic heterocycles. The second kappa shape index (κ2) is 12.1. The van der Waals surface area contributed by atoms with Gasteiger partial charge in [0.25, 0.3) is 0 Å². The average molecular weight is 596 g/mol. The van der Waals surface area contributed by atoms with Crippen LogP contribution in [0.2, 0.25) is 22.2 Å². The first kappa shape index (κ1) is 31.0. The van der Waals surface area contributed by atoms with Crippen LogP contribution >= 0.6 is 0 Å². The third-order valence-corrected chi connectivity index (χ3v) is 18.4. The quantitative estimate of drug-likeness (QED) is 0.329. The van der Waals surface area contributed by atoms with Crippen molar-refractivity contribution in [1.29, 1.82) is 0 Å². The highest BCUT2D eigenvalue weighted by molar-refractivity contribution is 6.84. The van der Waals surface area contributed by atoms with Crippen LogP contribution in [-0.2, 0) is 32.0 Å². The molecule has 4 rings (SSSR count). The van der Waals surface area contributed by atoms with E-state index in [2.05, 4.69) is 70.3 Å². The summed E-state index contributed by atoms with van der Waals surface area (Å²) in [6.45, 7) is 17.9. The van der Waals surface area contributed by atoms with Gasteiger partial charge in [-0.15, -0.1) is 0 Å². The van der Waals surface area contributed by atoms with Gasteiger partial charge in [-0.2, -0.15) is 0 Å². The van der Waals surface area contributed by atoms with Gasteiger partial charge < -0.3 is 32.9 Å². The van der Waals surface area contributed by atoms with Crippen LogP contribution in [0.3, 0.4) is 0 Å². The lowest BCUT2D eigenvalue weighted by Gasteiger charge is -2.51. The van der Waals surface area contributed by atoms with E-state index in [4.69, 9.17) is 32.9 Å². The highest BCUT2D eigenvalue weighted by Gasteiger charge is 2.62. The first-order chi connectivity index (χ1) is 18.9. The number of fused-ring (bicyclic) bond motifs is 2. The first-order valence-corrected chi connectivity index (χ1v) is 18.1. The zero-order valence-electron chi connectivity index (χ0n) is 25.1. The largest absolute Gasteiger partial charge is 0.469 e. The second-order valence-electron chi connectivity index (χ2n) is 11.9. The SMILES string of the molecule is COC(=O)CCO[C@@H]1[C@@H]2O[Si](C(C)C)(C(C)C)O[Si](C(C)C)(C(C)C)OC[C@H]2O[C@H]1n1cnc2c(N)ncnc21. The van der Waals surface area contributed by atoms with Crippen molar-refractivity contribution in [3.8, 4) is 0 Å². The molecule has 0 spiro atoms. The van der Waals surface area contributed by atoms with E-state index in [1.807, 2.05) is 0 Å². The molecule has 4 atom stereocenters. The van der Waals surface area contributed by atoms with Crippen molar-refractivity contribution >= 4 is 40.1 Å². The van der Waals surface area contributed by atoms with Crippen molar-refractivity contribution in [3.05, 3.63) is 12.7 Å². The van der Waals surface area contributed by atoms with Crippen molar-refractivity contribution < 1.29 is 32.0 Å². The molecule has 12 nitrogen and oxygen atoms in total. The Morgan fingerprint density at radius 2 is 1.70 bits per heavy atom. The Bertz CT molecular complexity index is 1160. The fourth-order valence-corrected chi connectivity index (χ4v) is 17.2. The van der Waals surface area contributed by atoms with Crippen LogP contribution in [0.5, 0.6) is 0 Å². The number of esters is 1. The smallest absolute Gasteiger partial charge is 0.335 e. The number of nitrogens with zero attached hydrogens (tertiary/aromatic N) is 4. The van der Waals surface area contributed by atoms with Crippen LogP contribution in [0.4, 0.5) is 5.82 Å². The normalized spacial score (nSPS) is 26.4. The molecule has 2 aliphatic heterocycles. The molecule has 4 heterocycles. The van der Waals surface area contributed by atoms with E-state index in [-0.39, 0.29) is 47.0 Å². The van der Waals surface area contributed by atoms with E-state index < -0.39 is 41.7 Å². The molecule has 0 amide bonds. The zero-order valence-corrected chi connectivity index (χ0v) is 27.1. The summed E-state index contributed by atoms with van der Waals surface area (Å²) in [6, 6.07) is 0. The molecular formula is C26H45N5O7Si2. The first-order valence-electron chi connectivity index (χ1n) is 14.2. The minimum absolute atomic E-state index is 0.0948. The Morgan fingerprint density at radius 1 is 1.05 bits per heavy atom. The highest BCUT2D eigenvalue weighted by atomic mass is 28.5. The topological polar surface area (TPSA) is 142 Å². The van der Waals surface area contributed by atoms with Gasteiger partial charge in [-0.1, -0.05) is 55.4 Å². The Labute approximate surface area is 238 Å². The Kier molecular flexibility index (Phi) is 9.39. The van der Waals surface area contributed by atoms with Gasteiger partial charge >= 0.3 is 23.1 Å². The molecule has 0 radical (unpaired) electrons. The molecule has 40 heavy (non-hydrogen) atoms. The van der Waals surface area contributed by atoms with Crippen LogP contribution in [-0.4, -0.2) is 81.2 Å². The number of carbonyl (C=O) groups is 1. The molecular weight excluding hydrogens is 550 g/mol. The van der Waals surface area contributed by atoms with Crippen molar-refractivity contribution in [3.63, 3.8) is 0 Å². The van der Waals surface area contributed by atoms with E-state index in [0.717, 1.165) is 0 Å². The molecule has 0 aliphatic carbocycles. The number of hydrogen-bond donors (Lipinski definition) is 1. The molecule has 0 aromatic carbocycles. The maximum atomic E-state index is 11.9. The number of nitrogen functional groups attached to an aromatic ring is 1. The lowest BCUT2D eigenvalue weighted by atomic mass is 10.1. The molecule has 0 saturated carbocycles. The van der Waals surface area contributed by atoms with E-state index in [9.17, 15) is 4.79 Å². The summed E-state index contributed by atoms with van der Waals surface area (Å²) in [6.07, 6.45) is 0.905. The lowest BCUT2D eigenvalue weighted by molar-refractivity contribution is -0.143. The number of methoxy groups -OCH3 is 1. The number of nitrogens with two attached hydrogens (primary N) is 1. The van der Waals surface area contributed by atoms with Crippen LogP contribution in [0.1, 0.15) is 68.0 Å². The maximum absolute atomic E-state index is 11.9. The fraction of sp³-hybridized carbons (Fsp3) is 0.769. The summed E-state index contributed by atoms with van der Waals surface area (Å²) in [7, 11) is -4.33. The van der Waals surface area contributed by atoms with Crippen molar-refractivity contribution in [2.45, 2.75) is 109 Å². The van der Waals surface area contributed by atoms with Gasteiger partial charge in [0.15, 0.2) is 17.7 Å². The minimum atomic E-state index is -2.94. The predicted molar refractivity (Wildman–Crippen MR) is 154 cm³/mol. The molecule has 2 aromatic rings. The van der Waals surface area contributed by atoms with Crippen LogP contribution in [0, 0.1) is 0 Å². The van der Waals surface area contributed by atoms with Gasteiger partial charge in [-0.25, -0.2) is 15.0 Å². The summed E-state index contributed by atoms with van der Waals surface area (Å²) in [5.74, 6) is -0.0804. The minimum Gasteiger partial charge on any atom is -0.469 e. The van der Waals surface area contributed by atoms with Crippen LogP contribution in [0.15, 0.2) is 12.7 Å². The Hall–Kier alpha value is -1.95. The van der Waals surface area contributed by atoms with Gasteiger partial charge in [-0.05, 0) is 22.2 Å². The number of imidazole rings is 1. The average Bonchev–Trinajstić information content (AvgIpc) is 3.45. The highest BCUT2D eigenvalue weighted by Crippen LogP contribution is 2.49. The van der Waals surface area contributed by atoms with Gasteiger partial charge in [0, 0.05) is 0 Å². The third kappa shape index (κ3) is 5.46. The molecule has 2 aliphatic rings. The number of anilines is 1. The van der Waals surface area contributed by atoms with Crippen molar-refractivity contribution in [2.24, 2.45) is 0 Å². The molecule has 2 fully saturated rings. The van der Waals surface area contributed by atoms with Crippen molar-refractivity contribution in [2.75, 3.05) is 26.1 Å². The maximum Gasteiger partial charge on any atom is 0.335 e. The Balaban J connectivity index is 1.81. The predicted octanol–water partition coefficient (Wildman–Crippen LogP) is 4.21. The van der Waals surface area contributed by atoms with E-state index >= 15 is 0 Å². The molecule has 0 bridgehead atoms. The molecule has 2 saturated heterocycles. The number of aromatic nitrogens is 4. The summed E-state index contributed by atoms with van der Waals surface area (Å²) >= 11 is 0. The fourth-order valence-electron chi connectivity index (χ4n) is 5.96. The molecule has 14 heteroatoms. The summed E-state index contributed by atoms with van der Waals surface area (Å²) in [5.41, 5.74) is 7.76. The van der Waals surface area contributed by atoms with Crippen LogP contribution in [0.25, 0.3) is 11.2 Å². The van der Waals surface area contributed by atoms with Gasteiger partial charge in [0.1, 0.15) is 30.2 Å². The number of hydrogen-bond acceptors (Lipinski definition) is 11. The lowest BCUT2D eigenvalue weighted by Crippen LogP contribution is -2.66. The number of carbonyl (C=O) groups excluding carboxylic acids is 1. The van der Waals surface area contributed by atoms with Gasteiger partial charge in [0.05, 0.1) is 33.1 Å². The standard InChI is InChI=1S/C26H45N5O7Si2/c1-15(2)39(16(3)4)35-12-19-22(37-40(38-39,17(5)6)18(7)8)23(34-11-10-20(32)33-9)26(36-19)31-14-30-21-24(27)28-13-29-25(21)31/h13-19,22-23,26H,10-12H2,1-9H3,(H2,27,28,29)/t19-,22-,23-,26-/m1/s1. The van der Waals surface area contributed by atoms with E-state index in [1.54, 1.807) is 10.9 Å². The summed E-state index contributed by atoms with van der Waals surface area (Å²) in [5, 5.41) is 0. The monoisotopic (exact) mass is 595 g/mol. The van der Waals surface area contributed by atoms with Gasteiger partial charge in [0.2, 0.25) is 0 Å². The Morgan fingerprint density at radius 3 is 2.30 bits per heavy atom. The van der Waals surface area contributed by atoms with Crippen molar-refractivity contribution in [1.82, 2.24) is 19.5 Å². The molecule has 2 N–H and O–H groups in total. The summed E-state index contributed by atoms with van der Waals surface area (Å²) in [4.78, 5) is 24.9. The molecule has 0 unspecified atom stereocenters. The number of ether oxygens (including phenoxy) is 3. The summed E-state index contributed by atoms with van der Waals surface area (Å²) < 4.78 is 41.2. The molecule has 224 valence electrons. The number of rotatable bonds is 9. The zero-order chi connectivity index (χ0) is 29.4. The van der Waals surface area contributed by atoms with Crippen LogP contribution < -0.4 is 5.73 Å². The third-order valence-electron chi connectivity index (χ3n) is 8.12.